The molecular weight excluding hydrogens is 162 g/mol. The highest BCUT2D eigenvalue weighted by Gasteiger charge is 2.05. The predicted octanol–water partition coefficient (Wildman–Crippen LogP) is 1.89. The minimum absolute atomic E-state index is 0.0345. The van der Waals surface area contributed by atoms with Gasteiger partial charge in [-0.2, -0.15) is 0 Å². The molecule has 3 nitrogen and oxygen atoms in total. The van der Waals surface area contributed by atoms with Crippen molar-refractivity contribution in [2.24, 2.45) is 5.73 Å². The molecule has 1 atom stereocenters. The van der Waals surface area contributed by atoms with Crippen LogP contribution < -0.4 is 5.73 Å². The number of aromatic nitrogens is 2. The predicted molar refractivity (Wildman–Crippen MR) is 53.4 cm³/mol. The van der Waals surface area contributed by atoms with Crippen molar-refractivity contribution in [2.75, 3.05) is 0 Å². The largest absolute Gasteiger partial charge is 0.341 e. The highest BCUT2D eigenvalue weighted by Crippen LogP contribution is 2.15. The molecule has 0 saturated heterocycles. The van der Waals surface area contributed by atoms with Gasteiger partial charge in [-0.3, -0.25) is 0 Å². The summed E-state index contributed by atoms with van der Waals surface area (Å²) in [6.07, 6.45) is 0. The molecule has 0 aliphatic heterocycles. The number of aromatic amines is 1. The normalized spacial score (nSPS) is 13.5. The second-order valence-electron chi connectivity index (χ2n) is 3.43. The number of hydrogen-bond donors (Lipinski definition) is 2. The molecule has 1 aromatic carbocycles. The van der Waals surface area contributed by atoms with Crippen LogP contribution in [0.1, 0.15) is 24.4 Å². The molecule has 68 valence electrons. The van der Waals surface area contributed by atoms with Crippen LogP contribution in [0.3, 0.4) is 0 Å². The van der Waals surface area contributed by atoms with Gasteiger partial charge in [-0.1, -0.05) is 6.07 Å². The van der Waals surface area contributed by atoms with E-state index in [1.165, 1.54) is 5.56 Å². The van der Waals surface area contributed by atoms with Crippen LogP contribution in [0.5, 0.6) is 0 Å². The van der Waals surface area contributed by atoms with Crippen LogP contribution in [-0.4, -0.2) is 9.97 Å². The molecule has 0 radical (unpaired) electrons. The molecule has 1 heterocycles. The monoisotopic (exact) mass is 175 g/mol. The van der Waals surface area contributed by atoms with Crippen LogP contribution in [0, 0.1) is 6.92 Å². The highest BCUT2D eigenvalue weighted by atomic mass is 15.0. The Morgan fingerprint density at radius 1 is 1.46 bits per heavy atom. The van der Waals surface area contributed by atoms with Gasteiger partial charge in [0.25, 0.3) is 0 Å². The van der Waals surface area contributed by atoms with Crippen molar-refractivity contribution >= 4 is 11.0 Å². The zero-order chi connectivity index (χ0) is 9.42. The average Bonchev–Trinajstić information content (AvgIpc) is 2.46. The second kappa shape index (κ2) is 2.85. The number of hydrogen-bond acceptors (Lipinski definition) is 2. The first-order valence-electron chi connectivity index (χ1n) is 4.38. The van der Waals surface area contributed by atoms with Gasteiger partial charge in [0.2, 0.25) is 0 Å². The van der Waals surface area contributed by atoms with Gasteiger partial charge in [-0.15, -0.1) is 0 Å². The Balaban J connectivity index is 2.62. The quantitative estimate of drug-likeness (QED) is 0.695. The smallest absolute Gasteiger partial charge is 0.123 e. The van der Waals surface area contributed by atoms with E-state index >= 15 is 0 Å². The van der Waals surface area contributed by atoms with Gasteiger partial charge in [0, 0.05) is 0 Å². The maximum Gasteiger partial charge on any atom is 0.123 e. The summed E-state index contributed by atoms with van der Waals surface area (Å²) in [6, 6.07) is 6.10. The first-order chi connectivity index (χ1) is 6.16. The first kappa shape index (κ1) is 8.26. The van der Waals surface area contributed by atoms with Crippen molar-refractivity contribution in [3.63, 3.8) is 0 Å². The van der Waals surface area contributed by atoms with Gasteiger partial charge in [0.1, 0.15) is 5.82 Å². The van der Waals surface area contributed by atoms with Gasteiger partial charge in [-0.25, -0.2) is 4.98 Å². The van der Waals surface area contributed by atoms with Crippen molar-refractivity contribution in [1.29, 1.82) is 0 Å². The zero-order valence-corrected chi connectivity index (χ0v) is 7.83. The fourth-order valence-electron chi connectivity index (χ4n) is 1.36. The van der Waals surface area contributed by atoms with Gasteiger partial charge in [-0.05, 0) is 31.5 Å². The van der Waals surface area contributed by atoms with Gasteiger partial charge >= 0.3 is 0 Å². The number of benzene rings is 1. The molecule has 13 heavy (non-hydrogen) atoms. The third-order valence-corrected chi connectivity index (χ3v) is 2.09. The number of fused-ring (bicyclic) bond motifs is 1. The lowest BCUT2D eigenvalue weighted by Gasteiger charge is -1.96. The molecule has 2 aromatic rings. The minimum Gasteiger partial charge on any atom is -0.341 e. The van der Waals surface area contributed by atoms with Crippen molar-refractivity contribution < 1.29 is 0 Å². The van der Waals surface area contributed by atoms with E-state index in [2.05, 4.69) is 23.0 Å². The summed E-state index contributed by atoms with van der Waals surface area (Å²) in [5.74, 6) is 0.848. The standard InChI is InChI=1S/C10H13N3/c1-6-3-4-8-9(5-6)13-10(12-8)7(2)11/h3-5,7H,11H2,1-2H3,(H,12,13). The molecule has 1 unspecified atom stereocenters. The SMILES string of the molecule is Cc1ccc2nc(C(C)N)[nH]c2c1. The molecule has 0 fully saturated rings. The Kier molecular flexibility index (Phi) is 1.81. The Morgan fingerprint density at radius 3 is 2.92 bits per heavy atom. The lowest BCUT2D eigenvalue weighted by Crippen LogP contribution is -2.06. The number of H-pyrrole nitrogens is 1. The van der Waals surface area contributed by atoms with Crippen LogP contribution in [-0.2, 0) is 0 Å². The zero-order valence-electron chi connectivity index (χ0n) is 7.83. The van der Waals surface area contributed by atoms with Crippen LogP contribution in [0.4, 0.5) is 0 Å². The molecule has 0 spiro atoms. The summed E-state index contributed by atoms with van der Waals surface area (Å²) < 4.78 is 0. The molecule has 2 rings (SSSR count). The average molecular weight is 175 g/mol. The minimum atomic E-state index is -0.0345. The van der Waals surface area contributed by atoms with Gasteiger partial charge in [0.05, 0.1) is 17.1 Å². The Hall–Kier alpha value is -1.35. The summed E-state index contributed by atoms with van der Waals surface area (Å²) in [4.78, 5) is 7.57. The third-order valence-electron chi connectivity index (χ3n) is 2.09. The van der Waals surface area contributed by atoms with E-state index in [4.69, 9.17) is 5.73 Å². The topological polar surface area (TPSA) is 54.7 Å². The van der Waals surface area contributed by atoms with E-state index in [1.54, 1.807) is 0 Å². The number of nitrogens with two attached hydrogens (primary N) is 1. The summed E-state index contributed by atoms with van der Waals surface area (Å²) in [7, 11) is 0. The van der Waals surface area contributed by atoms with Crippen LogP contribution in [0.15, 0.2) is 18.2 Å². The first-order valence-corrected chi connectivity index (χ1v) is 4.38. The van der Waals surface area contributed by atoms with Gasteiger partial charge in [0.15, 0.2) is 0 Å². The molecule has 0 aliphatic rings. The second-order valence-corrected chi connectivity index (χ2v) is 3.43. The molecule has 3 heteroatoms. The van der Waals surface area contributed by atoms with Crippen LogP contribution in [0.2, 0.25) is 0 Å². The van der Waals surface area contributed by atoms with Crippen molar-refractivity contribution in [3.8, 4) is 0 Å². The number of nitrogens with one attached hydrogen (secondary N) is 1. The molecule has 0 bridgehead atoms. The number of imidazole rings is 1. The Morgan fingerprint density at radius 2 is 2.23 bits per heavy atom. The van der Waals surface area contributed by atoms with E-state index in [-0.39, 0.29) is 6.04 Å². The summed E-state index contributed by atoms with van der Waals surface area (Å²) in [6.45, 7) is 3.98. The Bertz CT molecular complexity index is 429. The van der Waals surface area contributed by atoms with E-state index in [9.17, 15) is 0 Å². The highest BCUT2D eigenvalue weighted by molar-refractivity contribution is 5.75. The van der Waals surface area contributed by atoms with Crippen molar-refractivity contribution in [1.82, 2.24) is 9.97 Å². The lowest BCUT2D eigenvalue weighted by atomic mass is 10.2. The van der Waals surface area contributed by atoms with E-state index < -0.39 is 0 Å². The summed E-state index contributed by atoms with van der Waals surface area (Å²) in [5, 5.41) is 0. The van der Waals surface area contributed by atoms with Crippen LogP contribution >= 0.6 is 0 Å². The van der Waals surface area contributed by atoms with E-state index in [0.29, 0.717) is 0 Å². The summed E-state index contributed by atoms with van der Waals surface area (Å²) >= 11 is 0. The summed E-state index contributed by atoms with van der Waals surface area (Å²) in [5.41, 5.74) is 9.00. The third kappa shape index (κ3) is 1.42. The van der Waals surface area contributed by atoms with Crippen molar-refractivity contribution in [3.05, 3.63) is 29.6 Å². The van der Waals surface area contributed by atoms with Crippen molar-refractivity contribution in [2.45, 2.75) is 19.9 Å². The lowest BCUT2D eigenvalue weighted by molar-refractivity contribution is 0.760. The fourth-order valence-corrected chi connectivity index (χ4v) is 1.36. The molecule has 0 aliphatic carbocycles. The van der Waals surface area contributed by atoms with Gasteiger partial charge < -0.3 is 10.7 Å². The maximum atomic E-state index is 5.72. The number of aryl methyl sites for hydroxylation is 1. The number of rotatable bonds is 1. The molecule has 3 N–H and O–H groups in total. The molecule has 1 aromatic heterocycles. The number of nitrogens with zero attached hydrogens (tertiary/aromatic N) is 1. The fraction of sp³-hybridized carbons (Fsp3) is 0.300. The molecule has 0 amide bonds. The van der Waals surface area contributed by atoms with Crippen LogP contribution in [0.25, 0.3) is 11.0 Å². The van der Waals surface area contributed by atoms with E-state index in [1.807, 2.05) is 19.1 Å². The molecular formula is C10H13N3. The van der Waals surface area contributed by atoms with E-state index in [0.717, 1.165) is 16.9 Å². The Labute approximate surface area is 77.0 Å². The maximum absolute atomic E-state index is 5.72. The molecule has 0 saturated carbocycles.